The Morgan fingerprint density at radius 1 is 1.09 bits per heavy atom. The van der Waals surface area contributed by atoms with Gasteiger partial charge in [-0.15, -0.1) is 0 Å². The Kier molecular flexibility index (Phi) is 4.45. The van der Waals surface area contributed by atoms with Crippen molar-refractivity contribution in [2.45, 2.75) is 6.92 Å². The molecular formula is C15H16N2O5. The standard InChI is InChI=1S/C15H16N2O5/c1-8-10(15(18)19)7-16-14(17-8)9-5-11(20-2)13(22-4)12(6-9)21-3/h5-7H,1-4H3,(H,18,19). The molecule has 0 atom stereocenters. The number of aromatic carboxylic acids is 1. The van der Waals surface area contributed by atoms with Gasteiger partial charge in [0, 0.05) is 11.8 Å². The Balaban J connectivity index is 2.57. The second-order valence-corrected chi connectivity index (χ2v) is 4.41. The predicted octanol–water partition coefficient (Wildman–Crippen LogP) is 2.18. The van der Waals surface area contributed by atoms with Crippen LogP contribution in [0.25, 0.3) is 11.4 Å². The van der Waals surface area contributed by atoms with Gasteiger partial charge in [-0.05, 0) is 19.1 Å². The molecule has 0 fully saturated rings. The predicted molar refractivity (Wildman–Crippen MR) is 78.8 cm³/mol. The van der Waals surface area contributed by atoms with Gasteiger partial charge in [0.05, 0.1) is 32.6 Å². The van der Waals surface area contributed by atoms with E-state index in [1.165, 1.54) is 27.5 Å². The van der Waals surface area contributed by atoms with Gasteiger partial charge < -0.3 is 19.3 Å². The SMILES string of the molecule is COc1cc(-c2ncc(C(=O)O)c(C)n2)cc(OC)c1OC. The Labute approximate surface area is 127 Å². The minimum Gasteiger partial charge on any atom is -0.493 e. The zero-order chi connectivity index (χ0) is 16.3. The molecule has 0 aliphatic heterocycles. The highest BCUT2D eigenvalue weighted by Gasteiger charge is 2.17. The van der Waals surface area contributed by atoms with Crippen molar-refractivity contribution in [3.63, 3.8) is 0 Å². The summed E-state index contributed by atoms with van der Waals surface area (Å²) < 4.78 is 15.8. The van der Waals surface area contributed by atoms with Gasteiger partial charge in [0.25, 0.3) is 0 Å². The topological polar surface area (TPSA) is 90.8 Å². The fourth-order valence-electron chi connectivity index (χ4n) is 2.03. The molecule has 1 aromatic carbocycles. The van der Waals surface area contributed by atoms with Crippen molar-refractivity contribution >= 4 is 5.97 Å². The first-order valence-electron chi connectivity index (χ1n) is 6.39. The number of carbonyl (C=O) groups is 1. The number of aromatic nitrogens is 2. The molecule has 1 aromatic heterocycles. The Bertz CT molecular complexity index is 690. The Morgan fingerprint density at radius 2 is 1.68 bits per heavy atom. The number of carboxylic acids is 1. The number of methoxy groups -OCH3 is 3. The number of benzene rings is 1. The van der Waals surface area contributed by atoms with Crippen LogP contribution in [0.1, 0.15) is 16.1 Å². The van der Waals surface area contributed by atoms with E-state index in [2.05, 4.69) is 9.97 Å². The van der Waals surface area contributed by atoms with Crippen molar-refractivity contribution in [3.8, 4) is 28.6 Å². The second kappa shape index (κ2) is 6.30. The number of rotatable bonds is 5. The van der Waals surface area contributed by atoms with Crippen LogP contribution in [-0.4, -0.2) is 42.4 Å². The number of ether oxygens (including phenoxy) is 3. The largest absolute Gasteiger partial charge is 0.493 e. The molecule has 0 aliphatic carbocycles. The lowest BCUT2D eigenvalue weighted by Crippen LogP contribution is -2.04. The monoisotopic (exact) mass is 304 g/mol. The first-order valence-corrected chi connectivity index (χ1v) is 6.39. The zero-order valence-electron chi connectivity index (χ0n) is 12.7. The lowest BCUT2D eigenvalue weighted by atomic mass is 10.1. The molecule has 1 N–H and O–H groups in total. The van der Waals surface area contributed by atoms with Crippen LogP contribution in [0.3, 0.4) is 0 Å². The van der Waals surface area contributed by atoms with Gasteiger partial charge in [0.2, 0.25) is 5.75 Å². The molecule has 22 heavy (non-hydrogen) atoms. The van der Waals surface area contributed by atoms with Crippen LogP contribution >= 0.6 is 0 Å². The highest BCUT2D eigenvalue weighted by Crippen LogP contribution is 2.40. The smallest absolute Gasteiger partial charge is 0.339 e. The van der Waals surface area contributed by atoms with Crippen molar-refractivity contribution in [1.82, 2.24) is 9.97 Å². The summed E-state index contributed by atoms with van der Waals surface area (Å²) in [6.45, 7) is 1.62. The average molecular weight is 304 g/mol. The molecule has 0 bridgehead atoms. The fourth-order valence-corrected chi connectivity index (χ4v) is 2.03. The minimum atomic E-state index is -1.06. The van der Waals surface area contributed by atoms with Gasteiger partial charge in [0.15, 0.2) is 17.3 Å². The molecule has 7 nitrogen and oxygen atoms in total. The molecule has 1 heterocycles. The summed E-state index contributed by atoms with van der Waals surface area (Å²) in [7, 11) is 4.55. The third-order valence-electron chi connectivity index (χ3n) is 3.13. The Morgan fingerprint density at radius 3 is 2.09 bits per heavy atom. The summed E-state index contributed by atoms with van der Waals surface area (Å²) in [6, 6.07) is 3.41. The van der Waals surface area contributed by atoms with E-state index in [0.717, 1.165) is 0 Å². The van der Waals surface area contributed by atoms with E-state index in [9.17, 15) is 4.79 Å². The number of hydrogen-bond acceptors (Lipinski definition) is 6. The quantitative estimate of drug-likeness (QED) is 0.905. The van der Waals surface area contributed by atoms with Crippen LogP contribution in [0.4, 0.5) is 0 Å². The number of aryl methyl sites for hydroxylation is 1. The normalized spacial score (nSPS) is 10.2. The highest BCUT2D eigenvalue weighted by atomic mass is 16.5. The zero-order valence-corrected chi connectivity index (χ0v) is 12.7. The van der Waals surface area contributed by atoms with Crippen molar-refractivity contribution in [1.29, 1.82) is 0 Å². The van der Waals surface area contributed by atoms with Crippen molar-refractivity contribution in [2.75, 3.05) is 21.3 Å². The summed E-state index contributed by atoms with van der Waals surface area (Å²) in [5, 5.41) is 9.02. The molecule has 0 amide bonds. The summed E-state index contributed by atoms with van der Waals surface area (Å²) in [4.78, 5) is 19.3. The summed E-state index contributed by atoms with van der Waals surface area (Å²) in [5.74, 6) is 0.726. The molecule has 0 unspecified atom stereocenters. The van der Waals surface area contributed by atoms with E-state index in [1.54, 1.807) is 19.1 Å². The molecule has 0 radical (unpaired) electrons. The van der Waals surface area contributed by atoms with E-state index in [1.807, 2.05) is 0 Å². The van der Waals surface area contributed by atoms with Crippen molar-refractivity contribution in [2.24, 2.45) is 0 Å². The molecule has 0 saturated carbocycles. The van der Waals surface area contributed by atoms with Crippen molar-refractivity contribution < 1.29 is 24.1 Å². The molecule has 2 rings (SSSR count). The Hall–Kier alpha value is -2.83. The van der Waals surface area contributed by atoms with Gasteiger partial charge in [-0.3, -0.25) is 0 Å². The van der Waals surface area contributed by atoms with Crippen LogP contribution in [0, 0.1) is 6.92 Å². The maximum Gasteiger partial charge on any atom is 0.339 e. The summed E-state index contributed by atoms with van der Waals surface area (Å²) >= 11 is 0. The van der Waals surface area contributed by atoms with Gasteiger partial charge in [-0.2, -0.15) is 0 Å². The minimum absolute atomic E-state index is 0.0659. The maximum absolute atomic E-state index is 11.0. The third kappa shape index (κ3) is 2.78. The van der Waals surface area contributed by atoms with Crippen LogP contribution in [0.15, 0.2) is 18.3 Å². The average Bonchev–Trinajstić information content (AvgIpc) is 2.52. The maximum atomic E-state index is 11.0. The first kappa shape index (κ1) is 15.6. The van der Waals surface area contributed by atoms with Crippen LogP contribution in [0.5, 0.6) is 17.2 Å². The first-order chi connectivity index (χ1) is 10.5. The van der Waals surface area contributed by atoms with E-state index in [-0.39, 0.29) is 5.56 Å². The van der Waals surface area contributed by atoms with Gasteiger partial charge in [-0.1, -0.05) is 0 Å². The molecular weight excluding hydrogens is 288 g/mol. The summed E-state index contributed by atoms with van der Waals surface area (Å²) in [6.07, 6.45) is 1.28. The van der Waals surface area contributed by atoms with Crippen LogP contribution in [0.2, 0.25) is 0 Å². The third-order valence-corrected chi connectivity index (χ3v) is 3.13. The van der Waals surface area contributed by atoms with Gasteiger partial charge in [-0.25, -0.2) is 14.8 Å². The molecule has 0 saturated heterocycles. The highest BCUT2D eigenvalue weighted by molar-refractivity contribution is 5.88. The molecule has 116 valence electrons. The second-order valence-electron chi connectivity index (χ2n) is 4.41. The van der Waals surface area contributed by atoms with E-state index in [4.69, 9.17) is 19.3 Å². The van der Waals surface area contributed by atoms with Crippen LogP contribution < -0.4 is 14.2 Å². The fraction of sp³-hybridized carbons (Fsp3) is 0.267. The number of carboxylic acid groups (broad SMARTS) is 1. The number of hydrogen-bond donors (Lipinski definition) is 1. The van der Waals surface area contributed by atoms with E-state index in [0.29, 0.717) is 34.3 Å². The van der Waals surface area contributed by atoms with Gasteiger partial charge in [0.1, 0.15) is 0 Å². The lowest BCUT2D eigenvalue weighted by Gasteiger charge is -2.14. The van der Waals surface area contributed by atoms with Gasteiger partial charge >= 0.3 is 5.97 Å². The van der Waals surface area contributed by atoms with Crippen molar-refractivity contribution in [3.05, 3.63) is 29.6 Å². The van der Waals surface area contributed by atoms with Crippen LogP contribution in [-0.2, 0) is 0 Å². The van der Waals surface area contributed by atoms with E-state index >= 15 is 0 Å². The molecule has 0 spiro atoms. The lowest BCUT2D eigenvalue weighted by molar-refractivity contribution is 0.0695. The molecule has 7 heteroatoms. The van der Waals surface area contributed by atoms with E-state index < -0.39 is 5.97 Å². The number of nitrogens with zero attached hydrogens (tertiary/aromatic N) is 2. The molecule has 0 aliphatic rings. The summed E-state index contributed by atoms with van der Waals surface area (Å²) in [5.41, 5.74) is 1.08. The molecule has 2 aromatic rings.